The first kappa shape index (κ1) is 38.5. The Hall–Kier alpha value is -2.74. The molecule has 0 fully saturated rings. The second-order valence-corrected chi connectivity index (χ2v) is 17.3. The van der Waals surface area contributed by atoms with E-state index >= 15 is 0 Å². The summed E-state index contributed by atoms with van der Waals surface area (Å²) in [4.78, 5) is 7.62. The van der Waals surface area contributed by atoms with Gasteiger partial charge in [0.25, 0.3) is 0 Å². The van der Waals surface area contributed by atoms with Gasteiger partial charge in [0.05, 0.1) is 30.1 Å². The van der Waals surface area contributed by atoms with Crippen LogP contribution in [0.2, 0.25) is 0 Å². The molecule has 2 unspecified atom stereocenters. The molecule has 2 atom stereocenters. The van der Waals surface area contributed by atoms with E-state index in [1.165, 1.54) is 50.9 Å². The molecule has 0 spiro atoms. The number of hydrogen-bond donors (Lipinski definition) is 0. The Labute approximate surface area is 318 Å². The van der Waals surface area contributed by atoms with Crippen LogP contribution in [-0.4, -0.2) is 38.8 Å². The van der Waals surface area contributed by atoms with Crippen LogP contribution in [0.25, 0.3) is 0 Å². The number of methoxy groups -OCH3 is 2. The molecule has 50 heavy (non-hydrogen) atoms. The van der Waals surface area contributed by atoms with Crippen LogP contribution in [0.3, 0.4) is 0 Å². The van der Waals surface area contributed by atoms with Gasteiger partial charge in [-0.05, 0) is 112 Å². The topological polar surface area (TPSA) is 24.9 Å². The van der Waals surface area contributed by atoms with Crippen molar-refractivity contribution < 1.29 is 9.47 Å². The summed E-state index contributed by atoms with van der Waals surface area (Å²) in [7, 11) is 3.49. The quantitative estimate of drug-likeness (QED) is 0.177. The van der Waals surface area contributed by atoms with Gasteiger partial charge in [-0.3, -0.25) is 0 Å². The summed E-state index contributed by atoms with van der Waals surface area (Å²) in [6.45, 7) is 18.3. The van der Waals surface area contributed by atoms with Crippen molar-refractivity contribution in [2.45, 2.75) is 71.1 Å². The van der Waals surface area contributed by atoms with Crippen LogP contribution in [0.15, 0.2) is 99.2 Å². The fourth-order valence-electron chi connectivity index (χ4n) is 7.16. The van der Waals surface area contributed by atoms with Crippen LogP contribution < -0.4 is 19.3 Å². The van der Waals surface area contributed by atoms with Gasteiger partial charge in [0.1, 0.15) is 11.5 Å². The van der Waals surface area contributed by atoms with E-state index in [2.05, 4.69) is 159 Å². The van der Waals surface area contributed by atoms with Gasteiger partial charge in [-0.1, -0.05) is 77.9 Å². The molecule has 268 valence electrons. The number of benzene rings is 4. The summed E-state index contributed by atoms with van der Waals surface area (Å²) < 4.78 is 12.1. The number of rotatable bonds is 8. The predicted octanol–water partition coefficient (Wildman–Crippen LogP) is 13.1. The van der Waals surface area contributed by atoms with Crippen LogP contribution in [-0.2, 0) is 0 Å². The molecule has 7 heteroatoms. The Morgan fingerprint density at radius 1 is 0.660 bits per heavy atom. The normalized spacial score (nSPS) is 20.3. The number of thioether (sulfide) groups is 2. The van der Waals surface area contributed by atoms with Crippen molar-refractivity contribution in [3.8, 4) is 11.5 Å². The van der Waals surface area contributed by atoms with E-state index in [0.29, 0.717) is 17.3 Å². The molecule has 4 aromatic rings. The fraction of sp³-hybridized carbons (Fsp3) is 0.442. The summed E-state index contributed by atoms with van der Waals surface area (Å²) >= 11 is 7.62. The number of para-hydroxylation sites is 2. The van der Waals surface area contributed by atoms with Crippen molar-refractivity contribution in [2.24, 2.45) is 22.7 Å². The van der Waals surface area contributed by atoms with Crippen molar-refractivity contribution in [1.82, 2.24) is 0 Å². The molecule has 4 nitrogen and oxygen atoms in total. The number of fused-ring (bicyclic) bond motifs is 2. The van der Waals surface area contributed by atoms with E-state index in [1.807, 2.05) is 23.5 Å². The SMILES string of the molecule is CCC1(C(C)C)CSc2cc(OC)c(Br)cc2N(c2ccccc2)C1.CCC1(C(C)C)CSc2cc(OC)c(C)cc2N(c2ccccc2)C1. The summed E-state index contributed by atoms with van der Waals surface area (Å²) in [6.07, 6.45) is 2.36. The molecule has 2 aliphatic rings. The van der Waals surface area contributed by atoms with E-state index in [1.54, 1.807) is 14.2 Å². The van der Waals surface area contributed by atoms with Gasteiger partial charge in [0.2, 0.25) is 0 Å². The lowest BCUT2D eigenvalue weighted by molar-refractivity contribution is 0.227. The highest BCUT2D eigenvalue weighted by Crippen LogP contribution is 2.51. The Kier molecular flexibility index (Phi) is 12.9. The summed E-state index contributed by atoms with van der Waals surface area (Å²) in [5, 5.41) is 0. The van der Waals surface area contributed by atoms with Crippen LogP contribution >= 0.6 is 39.5 Å². The molecule has 2 heterocycles. The Morgan fingerprint density at radius 3 is 1.48 bits per heavy atom. The number of anilines is 4. The highest BCUT2D eigenvalue weighted by atomic mass is 79.9. The standard InChI is InChI=1S/C22H29NOS.C21H26BrNOS/c1-6-22(16(2)3)14-23(18-10-8-7-9-11-18)19-12-17(4)20(24-5)13-21(19)25-15-22;1-5-21(15(2)3)13-23(16-9-7-6-8-10-16)18-11-17(22)19(24-4)12-20(18)25-14-21/h7-13,16H,6,14-15H2,1-5H3;6-12,15H,5,13-14H2,1-4H3. The monoisotopic (exact) mass is 774 g/mol. The van der Waals surface area contributed by atoms with Crippen molar-refractivity contribution in [2.75, 3.05) is 48.6 Å². The van der Waals surface area contributed by atoms with Gasteiger partial charge in [0.15, 0.2) is 0 Å². The fourth-order valence-corrected chi connectivity index (χ4v) is 10.8. The second kappa shape index (κ2) is 16.7. The Morgan fingerprint density at radius 2 is 1.08 bits per heavy atom. The maximum Gasteiger partial charge on any atom is 0.134 e. The van der Waals surface area contributed by atoms with Crippen molar-refractivity contribution >= 4 is 62.2 Å². The average molecular weight is 776 g/mol. The zero-order valence-electron chi connectivity index (χ0n) is 31.4. The van der Waals surface area contributed by atoms with Crippen molar-refractivity contribution in [1.29, 1.82) is 0 Å². The lowest BCUT2D eigenvalue weighted by Gasteiger charge is -2.39. The highest BCUT2D eigenvalue weighted by Gasteiger charge is 2.39. The maximum absolute atomic E-state index is 5.59. The highest BCUT2D eigenvalue weighted by molar-refractivity contribution is 9.10. The lowest BCUT2D eigenvalue weighted by Crippen LogP contribution is -2.39. The predicted molar refractivity (Wildman–Crippen MR) is 222 cm³/mol. The molecule has 0 aliphatic carbocycles. The van der Waals surface area contributed by atoms with Gasteiger partial charge in [0, 0.05) is 45.8 Å². The Bertz CT molecular complexity index is 1590. The molecule has 0 amide bonds. The molecule has 2 aliphatic heterocycles. The zero-order chi connectivity index (χ0) is 36.1. The molecule has 0 bridgehead atoms. The van der Waals surface area contributed by atoms with Crippen LogP contribution in [0, 0.1) is 29.6 Å². The van der Waals surface area contributed by atoms with Gasteiger partial charge in [-0.15, -0.1) is 23.5 Å². The van der Waals surface area contributed by atoms with Gasteiger partial charge < -0.3 is 19.3 Å². The molecule has 0 aromatic heterocycles. The molecule has 0 radical (unpaired) electrons. The minimum Gasteiger partial charge on any atom is -0.496 e. The number of ether oxygens (including phenoxy) is 2. The lowest BCUT2D eigenvalue weighted by atomic mass is 9.76. The van der Waals surface area contributed by atoms with Gasteiger partial charge in [-0.2, -0.15) is 0 Å². The molecule has 0 saturated carbocycles. The van der Waals surface area contributed by atoms with Crippen LogP contribution in [0.5, 0.6) is 11.5 Å². The van der Waals surface area contributed by atoms with Gasteiger partial charge >= 0.3 is 0 Å². The van der Waals surface area contributed by atoms with E-state index in [-0.39, 0.29) is 5.41 Å². The van der Waals surface area contributed by atoms with Crippen molar-refractivity contribution in [3.05, 3.63) is 95.0 Å². The van der Waals surface area contributed by atoms with E-state index in [9.17, 15) is 0 Å². The van der Waals surface area contributed by atoms with Crippen LogP contribution in [0.1, 0.15) is 59.9 Å². The maximum atomic E-state index is 5.59. The first-order valence-corrected chi connectivity index (χ1v) is 20.7. The van der Waals surface area contributed by atoms with Crippen molar-refractivity contribution in [3.63, 3.8) is 0 Å². The second-order valence-electron chi connectivity index (χ2n) is 14.4. The number of aryl methyl sites for hydroxylation is 1. The first-order valence-electron chi connectivity index (χ1n) is 18.0. The molecule has 6 rings (SSSR count). The minimum absolute atomic E-state index is 0.277. The Balaban J connectivity index is 0.000000194. The van der Waals surface area contributed by atoms with Gasteiger partial charge in [-0.25, -0.2) is 0 Å². The third-order valence-electron chi connectivity index (χ3n) is 11.3. The molecular formula is C43H55BrN2O2S2. The third kappa shape index (κ3) is 8.00. The summed E-state index contributed by atoms with van der Waals surface area (Å²) in [5.74, 6) is 5.40. The van der Waals surface area contributed by atoms with E-state index < -0.39 is 0 Å². The number of nitrogens with zero attached hydrogens (tertiary/aromatic N) is 2. The third-order valence-corrected chi connectivity index (χ3v) is 14.6. The van der Waals surface area contributed by atoms with E-state index in [0.717, 1.165) is 40.6 Å². The smallest absolute Gasteiger partial charge is 0.134 e. The first-order chi connectivity index (χ1) is 24.0. The average Bonchev–Trinajstić information content (AvgIpc) is 3.41. The van der Waals surface area contributed by atoms with E-state index in [4.69, 9.17) is 9.47 Å². The minimum atomic E-state index is 0.277. The number of halogens is 1. The summed E-state index contributed by atoms with van der Waals surface area (Å²) in [6, 6.07) is 30.4. The molecule has 0 saturated heterocycles. The van der Waals surface area contributed by atoms with Crippen LogP contribution in [0.4, 0.5) is 22.7 Å². The molecule has 0 N–H and O–H groups in total. The largest absolute Gasteiger partial charge is 0.496 e. The molecule has 4 aromatic carbocycles. The zero-order valence-corrected chi connectivity index (χ0v) is 34.6. The molecular weight excluding hydrogens is 721 g/mol. The number of hydrogen-bond acceptors (Lipinski definition) is 6. The summed E-state index contributed by atoms with van der Waals surface area (Å²) in [5.41, 5.74) is 6.86.